The number of carbonyl (C=O) groups is 2. The lowest BCUT2D eigenvalue weighted by atomic mass is 10.0. The number of nitrogens with zero attached hydrogens (tertiary/aromatic N) is 2. The summed E-state index contributed by atoms with van der Waals surface area (Å²) in [4.78, 5) is 24.7. The third-order valence-electron chi connectivity index (χ3n) is 3.78. The summed E-state index contributed by atoms with van der Waals surface area (Å²) in [5.74, 6) is -0.601. The Balaban J connectivity index is 1.61. The maximum atomic E-state index is 12.4. The minimum atomic E-state index is -1.62. The van der Waals surface area contributed by atoms with Crippen molar-refractivity contribution in [3.8, 4) is 5.75 Å². The number of halogens is 1. The van der Waals surface area contributed by atoms with E-state index < -0.39 is 17.4 Å². The van der Waals surface area contributed by atoms with E-state index in [4.69, 9.17) is 16.3 Å². The van der Waals surface area contributed by atoms with Gasteiger partial charge in [0.25, 0.3) is 17.4 Å². The number of anilines is 1. The van der Waals surface area contributed by atoms with Crippen LogP contribution in [0.4, 0.5) is 5.69 Å². The van der Waals surface area contributed by atoms with Crippen molar-refractivity contribution in [2.75, 3.05) is 11.9 Å². The summed E-state index contributed by atoms with van der Waals surface area (Å²) in [6.45, 7) is 2.54. The van der Waals surface area contributed by atoms with Crippen molar-refractivity contribution in [3.63, 3.8) is 0 Å². The second kappa shape index (κ2) is 6.52. The number of benzene rings is 1. The number of hydrogen-bond acceptors (Lipinski definition) is 4. The van der Waals surface area contributed by atoms with E-state index in [1.807, 2.05) is 12.3 Å². The van der Waals surface area contributed by atoms with Crippen LogP contribution in [0.3, 0.4) is 0 Å². The van der Waals surface area contributed by atoms with Gasteiger partial charge in [-0.2, -0.15) is 5.10 Å². The molecule has 126 valence electrons. The predicted octanol–water partition coefficient (Wildman–Crippen LogP) is 1.83. The Morgan fingerprint density at radius 2 is 2.33 bits per heavy atom. The summed E-state index contributed by atoms with van der Waals surface area (Å²) >= 11 is 5.89. The van der Waals surface area contributed by atoms with Gasteiger partial charge in [0.05, 0.1) is 5.69 Å². The van der Waals surface area contributed by atoms with Crippen LogP contribution < -0.4 is 15.4 Å². The zero-order chi connectivity index (χ0) is 17.2. The van der Waals surface area contributed by atoms with Crippen LogP contribution in [0, 0.1) is 0 Å². The first-order valence-corrected chi connectivity index (χ1v) is 7.92. The molecule has 0 aliphatic carbocycles. The lowest BCUT2D eigenvalue weighted by Gasteiger charge is -2.33. The van der Waals surface area contributed by atoms with Crippen LogP contribution in [0.5, 0.6) is 5.75 Å². The predicted molar refractivity (Wildman–Crippen MR) is 89.0 cm³/mol. The molecule has 3 rings (SSSR count). The number of nitrogens with one attached hydrogen (secondary N) is 2. The summed E-state index contributed by atoms with van der Waals surface area (Å²) in [6.07, 6.45) is 4.24. The van der Waals surface area contributed by atoms with Gasteiger partial charge in [-0.05, 0) is 37.6 Å². The first kappa shape index (κ1) is 16.3. The molecule has 0 fully saturated rings. The van der Waals surface area contributed by atoms with Gasteiger partial charge >= 0.3 is 0 Å². The topological polar surface area (TPSA) is 85.2 Å². The Morgan fingerprint density at radius 3 is 3.08 bits per heavy atom. The van der Waals surface area contributed by atoms with Gasteiger partial charge < -0.3 is 15.4 Å². The van der Waals surface area contributed by atoms with Gasteiger partial charge in [-0.3, -0.25) is 14.3 Å². The van der Waals surface area contributed by atoms with Gasteiger partial charge in [0.2, 0.25) is 0 Å². The van der Waals surface area contributed by atoms with Crippen molar-refractivity contribution in [1.82, 2.24) is 15.1 Å². The Bertz CT molecular complexity index is 763. The van der Waals surface area contributed by atoms with Crippen LogP contribution in [-0.2, 0) is 16.1 Å². The quantitative estimate of drug-likeness (QED) is 0.637. The van der Waals surface area contributed by atoms with Gasteiger partial charge in [-0.15, -0.1) is 0 Å². The van der Waals surface area contributed by atoms with E-state index in [1.54, 1.807) is 29.1 Å². The monoisotopic (exact) mass is 348 g/mol. The summed E-state index contributed by atoms with van der Waals surface area (Å²) in [5.41, 5.74) is -1.16. The number of amides is 2. The minimum Gasteiger partial charge on any atom is -0.466 e. The molecule has 0 saturated heterocycles. The largest absolute Gasteiger partial charge is 0.466 e. The first-order chi connectivity index (χ1) is 11.5. The average molecular weight is 349 g/mol. The lowest BCUT2D eigenvalue weighted by Crippen LogP contribution is -2.58. The van der Waals surface area contributed by atoms with Crippen LogP contribution in [0.2, 0.25) is 5.02 Å². The summed E-state index contributed by atoms with van der Waals surface area (Å²) < 4.78 is 7.43. The van der Waals surface area contributed by atoms with Gasteiger partial charge in [-0.25, -0.2) is 0 Å². The number of carbonyl (C=O) groups excluding carboxylic acids is 2. The van der Waals surface area contributed by atoms with Crippen molar-refractivity contribution in [3.05, 3.63) is 41.7 Å². The zero-order valence-electron chi connectivity index (χ0n) is 13.1. The minimum absolute atomic E-state index is 0.410. The normalized spacial score (nSPS) is 19.2. The van der Waals surface area contributed by atoms with Crippen LogP contribution in [-0.4, -0.2) is 33.7 Å². The molecule has 1 aliphatic heterocycles. The highest BCUT2D eigenvalue weighted by atomic mass is 35.5. The molecule has 0 saturated carbocycles. The molecular formula is C16H17ClN4O3. The van der Waals surface area contributed by atoms with Gasteiger partial charge in [0.15, 0.2) is 0 Å². The molecule has 1 aromatic heterocycles. The van der Waals surface area contributed by atoms with Gasteiger partial charge in [0, 0.05) is 30.5 Å². The van der Waals surface area contributed by atoms with Crippen molar-refractivity contribution >= 4 is 29.1 Å². The van der Waals surface area contributed by atoms with Crippen LogP contribution in [0.15, 0.2) is 36.7 Å². The smallest absolute Gasteiger partial charge is 0.278 e. The molecule has 2 heterocycles. The Hall–Kier alpha value is -2.54. The van der Waals surface area contributed by atoms with Gasteiger partial charge in [0.1, 0.15) is 5.75 Å². The van der Waals surface area contributed by atoms with E-state index in [9.17, 15) is 9.59 Å². The molecule has 2 N–H and O–H groups in total. The van der Waals surface area contributed by atoms with E-state index >= 15 is 0 Å². The second-order valence-electron chi connectivity index (χ2n) is 5.61. The second-order valence-corrected chi connectivity index (χ2v) is 6.04. The maximum absolute atomic E-state index is 12.4. The molecule has 7 nitrogen and oxygen atoms in total. The van der Waals surface area contributed by atoms with E-state index in [0.717, 1.165) is 0 Å². The fourth-order valence-electron chi connectivity index (χ4n) is 2.39. The highest BCUT2D eigenvalue weighted by Gasteiger charge is 2.47. The third kappa shape index (κ3) is 3.21. The SMILES string of the molecule is C[C@]1(C(=O)NCCCn2cccn2)Oc2ccc(Cl)cc2NC1=O. The fraction of sp³-hybridized carbons (Fsp3) is 0.312. The Morgan fingerprint density at radius 1 is 1.50 bits per heavy atom. The number of hydrogen-bond donors (Lipinski definition) is 2. The Kier molecular flexibility index (Phi) is 4.44. The third-order valence-corrected chi connectivity index (χ3v) is 4.01. The molecule has 2 aromatic rings. The van der Waals surface area contributed by atoms with E-state index in [1.165, 1.54) is 6.92 Å². The zero-order valence-corrected chi connectivity index (χ0v) is 13.8. The van der Waals surface area contributed by atoms with E-state index in [0.29, 0.717) is 36.0 Å². The van der Waals surface area contributed by atoms with Gasteiger partial charge in [-0.1, -0.05) is 11.6 Å². The average Bonchev–Trinajstić information content (AvgIpc) is 3.06. The number of ether oxygens (including phenoxy) is 1. The molecule has 1 aliphatic rings. The van der Waals surface area contributed by atoms with Crippen molar-refractivity contribution in [2.24, 2.45) is 0 Å². The molecule has 1 atom stereocenters. The van der Waals surface area contributed by atoms with E-state index in [-0.39, 0.29) is 0 Å². The number of rotatable bonds is 5. The Labute approximate surface area is 143 Å². The highest BCUT2D eigenvalue weighted by Crippen LogP contribution is 2.35. The molecule has 8 heteroatoms. The lowest BCUT2D eigenvalue weighted by molar-refractivity contribution is -0.146. The highest BCUT2D eigenvalue weighted by molar-refractivity contribution is 6.31. The van der Waals surface area contributed by atoms with Crippen molar-refractivity contribution in [2.45, 2.75) is 25.5 Å². The van der Waals surface area contributed by atoms with Crippen molar-refractivity contribution < 1.29 is 14.3 Å². The maximum Gasteiger partial charge on any atom is 0.278 e. The summed E-state index contributed by atoms with van der Waals surface area (Å²) in [6, 6.07) is 6.68. The molecule has 0 spiro atoms. The van der Waals surface area contributed by atoms with Crippen LogP contribution in [0.25, 0.3) is 0 Å². The number of aryl methyl sites for hydroxylation is 1. The number of aromatic nitrogens is 2. The van der Waals surface area contributed by atoms with Crippen molar-refractivity contribution in [1.29, 1.82) is 0 Å². The molecule has 0 bridgehead atoms. The summed E-state index contributed by atoms with van der Waals surface area (Å²) in [5, 5.41) is 9.96. The van der Waals surface area contributed by atoms with Crippen LogP contribution in [0.1, 0.15) is 13.3 Å². The molecule has 2 amide bonds. The standard InChI is InChI=1S/C16H17ClN4O3/c1-16(14(22)18-6-2-8-21-9-3-7-19-21)15(23)20-12-10-11(17)4-5-13(12)24-16/h3-5,7,9-10H,2,6,8H2,1H3,(H,18,22)(H,20,23)/t16-/m1/s1. The molecule has 0 radical (unpaired) electrons. The molecule has 1 aromatic carbocycles. The molecule has 0 unspecified atom stereocenters. The van der Waals surface area contributed by atoms with E-state index in [2.05, 4.69) is 15.7 Å². The fourth-order valence-corrected chi connectivity index (χ4v) is 2.56. The molecular weight excluding hydrogens is 332 g/mol. The summed E-state index contributed by atoms with van der Waals surface area (Å²) in [7, 11) is 0. The molecule has 24 heavy (non-hydrogen) atoms. The van der Waals surface area contributed by atoms with Crippen LogP contribution >= 0.6 is 11.6 Å². The number of fused-ring (bicyclic) bond motifs is 1. The first-order valence-electron chi connectivity index (χ1n) is 7.55.